The van der Waals surface area contributed by atoms with Crippen LogP contribution < -0.4 is 0 Å². The van der Waals surface area contributed by atoms with Crippen LogP contribution in [0.1, 0.15) is 33.4 Å². The molecule has 0 radical (unpaired) electrons. The van der Waals surface area contributed by atoms with Gasteiger partial charge in [0.2, 0.25) is 0 Å². The second-order valence-corrected chi connectivity index (χ2v) is 6.20. The zero-order valence-corrected chi connectivity index (χ0v) is 13.9. The minimum absolute atomic E-state index is 0.434. The van der Waals surface area contributed by atoms with Crippen LogP contribution in [-0.2, 0) is 5.41 Å². The summed E-state index contributed by atoms with van der Waals surface area (Å²) in [6.07, 6.45) is -8.76. The van der Waals surface area contributed by atoms with Crippen molar-refractivity contribution in [3.8, 4) is 0 Å². The summed E-state index contributed by atoms with van der Waals surface area (Å²) in [6, 6.07) is 7.63. The van der Waals surface area contributed by atoms with E-state index in [9.17, 15) is 22.0 Å². The van der Waals surface area contributed by atoms with Crippen LogP contribution in [0.2, 0.25) is 0 Å². The molecule has 0 aromatic heterocycles. The van der Waals surface area contributed by atoms with Crippen molar-refractivity contribution < 1.29 is 22.0 Å². The summed E-state index contributed by atoms with van der Waals surface area (Å²) in [6.45, 7) is 6.69. The van der Waals surface area contributed by atoms with Gasteiger partial charge < -0.3 is 0 Å². The zero-order chi connectivity index (χ0) is 18.3. The fraction of sp³-hybridized carbons (Fsp3) is 0.368. The van der Waals surface area contributed by atoms with Crippen LogP contribution >= 0.6 is 0 Å². The summed E-state index contributed by atoms with van der Waals surface area (Å²) >= 11 is 0. The van der Waals surface area contributed by atoms with Gasteiger partial charge in [-0.15, -0.1) is 0 Å². The van der Waals surface area contributed by atoms with Gasteiger partial charge in [-0.3, -0.25) is 0 Å². The Morgan fingerprint density at radius 2 is 1.04 bits per heavy atom. The highest BCUT2D eigenvalue weighted by atomic mass is 19.4. The average Bonchev–Trinajstić information content (AvgIpc) is 2.45. The second kappa shape index (κ2) is 6.19. The van der Waals surface area contributed by atoms with Crippen molar-refractivity contribution in [3.63, 3.8) is 0 Å². The number of halogens is 5. The number of hydrogen-bond donors (Lipinski definition) is 0. The van der Waals surface area contributed by atoms with Crippen LogP contribution in [0, 0.1) is 27.7 Å². The van der Waals surface area contributed by atoms with Gasteiger partial charge in [-0.2, -0.15) is 13.2 Å². The van der Waals surface area contributed by atoms with Gasteiger partial charge in [0.1, 0.15) is 0 Å². The van der Waals surface area contributed by atoms with Crippen molar-refractivity contribution in [2.75, 3.05) is 0 Å². The van der Waals surface area contributed by atoms with Gasteiger partial charge in [0.25, 0.3) is 6.43 Å². The highest BCUT2D eigenvalue weighted by molar-refractivity contribution is 5.47. The monoisotopic (exact) mass is 342 g/mol. The molecule has 0 amide bonds. The van der Waals surface area contributed by atoms with Gasteiger partial charge in [0, 0.05) is 0 Å². The molecule has 2 rings (SSSR count). The van der Waals surface area contributed by atoms with Crippen LogP contribution in [0.25, 0.3) is 0 Å². The molecule has 2 aromatic rings. The molecule has 0 aliphatic rings. The van der Waals surface area contributed by atoms with E-state index in [1.165, 1.54) is 24.3 Å². The molecule has 24 heavy (non-hydrogen) atoms. The van der Waals surface area contributed by atoms with Gasteiger partial charge in [-0.05, 0) is 61.1 Å². The van der Waals surface area contributed by atoms with Crippen LogP contribution in [0.3, 0.4) is 0 Å². The first kappa shape index (κ1) is 18.4. The van der Waals surface area contributed by atoms with Crippen molar-refractivity contribution in [1.29, 1.82) is 0 Å². The van der Waals surface area contributed by atoms with Crippen LogP contribution in [0.4, 0.5) is 22.0 Å². The highest BCUT2D eigenvalue weighted by Crippen LogP contribution is 2.51. The molecule has 0 fully saturated rings. The van der Waals surface area contributed by atoms with Gasteiger partial charge in [0.15, 0.2) is 5.41 Å². The van der Waals surface area contributed by atoms with E-state index in [4.69, 9.17) is 0 Å². The highest BCUT2D eigenvalue weighted by Gasteiger charge is 2.63. The number of alkyl halides is 5. The first-order chi connectivity index (χ1) is 11.0. The number of aryl methyl sites for hydroxylation is 4. The van der Waals surface area contributed by atoms with E-state index < -0.39 is 29.1 Å². The van der Waals surface area contributed by atoms with Gasteiger partial charge in [0.05, 0.1) is 0 Å². The minimum Gasteiger partial charge on any atom is -0.209 e. The summed E-state index contributed by atoms with van der Waals surface area (Å²) in [7, 11) is 0. The summed E-state index contributed by atoms with van der Waals surface area (Å²) in [5, 5.41) is 0. The molecule has 0 unspecified atom stereocenters. The van der Waals surface area contributed by atoms with E-state index >= 15 is 0 Å². The van der Waals surface area contributed by atoms with Crippen LogP contribution in [0.5, 0.6) is 0 Å². The van der Waals surface area contributed by atoms with E-state index in [-0.39, 0.29) is 0 Å². The topological polar surface area (TPSA) is 0 Å². The molecular formula is C19H19F5. The second-order valence-electron chi connectivity index (χ2n) is 6.20. The van der Waals surface area contributed by atoms with Gasteiger partial charge >= 0.3 is 6.18 Å². The minimum atomic E-state index is -5.13. The normalized spacial score (nSPS) is 12.8. The smallest absolute Gasteiger partial charge is 0.209 e. The first-order valence-corrected chi connectivity index (χ1v) is 7.52. The van der Waals surface area contributed by atoms with Crippen molar-refractivity contribution >= 4 is 0 Å². The SMILES string of the molecule is Cc1ccc(C(c2ccc(C)c(C)c2)(C(F)F)C(F)(F)F)cc1C. The summed E-state index contributed by atoms with van der Waals surface area (Å²) in [5.41, 5.74) is -1.61. The molecule has 2 aromatic carbocycles. The molecular weight excluding hydrogens is 323 g/mol. The van der Waals surface area contributed by atoms with E-state index in [0.29, 0.717) is 11.1 Å². The molecule has 0 spiro atoms. The van der Waals surface area contributed by atoms with Crippen molar-refractivity contribution in [2.24, 2.45) is 0 Å². The Labute approximate surface area is 138 Å². The van der Waals surface area contributed by atoms with Crippen LogP contribution in [-0.4, -0.2) is 12.6 Å². The van der Waals surface area contributed by atoms with E-state index in [2.05, 4.69) is 0 Å². The van der Waals surface area contributed by atoms with Crippen molar-refractivity contribution in [3.05, 3.63) is 69.8 Å². The maximum Gasteiger partial charge on any atom is 0.407 e. The molecule has 0 atom stereocenters. The third kappa shape index (κ3) is 2.80. The largest absolute Gasteiger partial charge is 0.407 e. The van der Waals surface area contributed by atoms with E-state index in [0.717, 1.165) is 23.3 Å². The molecule has 0 aliphatic carbocycles. The Morgan fingerprint density at radius 3 is 1.29 bits per heavy atom. The fourth-order valence-electron chi connectivity index (χ4n) is 2.84. The standard InChI is InChI=1S/C19H19F5/c1-11-5-7-15(9-13(11)3)18(17(20)21,19(22,23)24)16-8-6-12(2)14(4)10-16/h5-10,17H,1-4H3. The lowest BCUT2D eigenvalue weighted by atomic mass is 9.72. The maximum absolute atomic E-state index is 14.0. The van der Waals surface area contributed by atoms with Crippen molar-refractivity contribution in [2.45, 2.75) is 45.7 Å². The summed E-state index contributed by atoms with van der Waals surface area (Å²) in [4.78, 5) is 0. The first-order valence-electron chi connectivity index (χ1n) is 7.52. The Balaban J connectivity index is 2.87. The molecule has 0 bridgehead atoms. The van der Waals surface area contributed by atoms with Crippen LogP contribution in [0.15, 0.2) is 36.4 Å². The summed E-state index contributed by atoms with van der Waals surface area (Å²) < 4.78 is 69.9. The molecule has 0 saturated carbocycles. The number of rotatable bonds is 3. The molecule has 5 heteroatoms. The molecule has 130 valence electrons. The lowest BCUT2D eigenvalue weighted by molar-refractivity contribution is -0.211. The third-order valence-electron chi connectivity index (χ3n) is 4.70. The Morgan fingerprint density at radius 1 is 0.667 bits per heavy atom. The van der Waals surface area contributed by atoms with Gasteiger partial charge in [-0.1, -0.05) is 36.4 Å². The Kier molecular flexibility index (Phi) is 4.75. The quantitative estimate of drug-likeness (QED) is 0.597. The van der Waals surface area contributed by atoms with Gasteiger partial charge in [-0.25, -0.2) is 8.78 Å². The fourth-order valence-corrected chi connectivity index (χ4v) is 2.84. The molecule has 0 N–H and O–H groups in total. The maximum atomic E-state index is 14.0. The Bertz CT molecular complexity index is 692. The summed E-state index contributed by atoms with van der Waals surface area (Å²) in [5.74, 6) is 0. The lowest BCUT2D eigenvalue weighted by Crippen LogP contribution is -2.49. The molecule has 0 aliphatic heterocycles. The Hall–Kier alpha value is -1.91. The molecule has 0 heterocycles. The number of hydrogen-bond acceptors (Lipinski definition) is 0. The van der Waals surface area contributed by atoms with Crippen molar-refractivity contribution in [1.82, 2.24) is 0 Å². The molecule has 0 nitrogen and oxygen atoms in total. The predicted octanol–water partition coefficient (Wildman–Crippen LogP) is 6.03. The zero-order valence-electron chi connectivity index (χ0n) is 13.9. The molecule has 0 saturated heterocycles. The number of benzene rings is 2. The van der Waals surface area contributed by atoms with E-state index in [1.807, 2.05) is 0 Å². The van der Waals surface area contributed by atoms with E-state index in [1.54, 1.807) is 27.7 Å². The average molecular weight is 342 g/mol. The predicted molar refractivity (Wildman–Crippen MR) is 84.7 cm³/mol. The third-order valence-corrected chi connectivity index (χ3v) is 4.70. The lowest BCUT2D eigenvalue weighted by Gasteiger charge is -2.36.